The minimum absolute atomic E-state index is 0.441. The van der Waals surface area contributed by atoms with Crippen LogP contribution in [0.3, 0.4) is 0 Å². The van der Waals surface area contributed by atoms with Crippen molar-refractivity contribution in [1.82, 2.24) is 0 Å². The molecule has 0 amide bonds. The Bertz CT molecular complexity index is 446. The third-order valence-corrected chi connectivity index (χ3v) is 4.77. The fourth-order valence-corrected chi connectivity index (χ4v) is 4.60. The molecule has 0 radical (unpaired) electrons. The molecule has 19 heavy (non-hydrogen) atoms. The summed E-state index contributed by atoms with van der Waals surface area (Å²) in [5, 5.41) is 3.78. The van der Waals surface area contributed by atoms with Crippen LogP contribution in [0.15, 0.2) is 18.2 Å². The monoisotopic (exact) mass is 371 g/mol. The predicted octanol–water partition coefficient (Wildman–Crippen LogP) is 5.62. The number of aryl methyl sites for hydroxylation is 1. The SMILES string of the molecule is Cc1cc(I)ccc1NC1CC(C)(C)CC(C)(C)C1. The van der Waals surface area contributed by atoms with Crippen molar-refractivity contribution in [3.63, 3.8) is 0 Å². The van der Waals surface area contributed by atoms with Crippen molar-refractivity contribution in [2.24, 2.45) is 10.8 Å². The Hall–Kier alpha value is -0.250. The Morgan fingerprint density at radius 1 is 1.11 bits per heavy atom. The molecule has 0 aromatic heterocycles. The van der Waals surface area contributed by atoms with Crippen molar-refractivity contribution in [3.05, 3.63) is 27.3 Å². The van der Waals surface area contributed by atoms with Crippen LogP contribution in [0.4, 0.5) is 5.69 Å². The van der Waals surface area contributed by atoms with E-state index >= 15 is 0 Å². The van der Waals surface area contributed by atoms with Crippen molar-refractivity contribution >= 4 is 28.3 Å². The van der Waals surface area contributed by atoms with E-state index in [4.69, 9.17) is 0 Å². The van der Waals surface area contributed by atoms with Crippen LogP contribution in [-0.2, 0) is 0 Å². The Morgan fingerprint density at radius 2 is 1.68 bits per heavy atom. The zero-order chi connectivity index (χ0) is 14.3. The van der Waals surface area contributed by atoms with Gasteiger partial charge in [0.25, 0.3) is 0 Å². The second-order valence-corrected chi connectivity index (χ2v) is 8.96. The van der Waals surface area contributed by atoms with E-state index in [0.29, 0.717) is 16.9 Å². The molecular weight excluding hydrogens is 345 g/mol. The van der Waals surface area contributed by atoms with Gasteiger partial charge in [0.05, 0.1) is 0 Å². The van der Waals surface area contributed by atoms with Crippen LogP contribution in [0, 0.1) is 21.3 Å². The van der Waals surface area contributed by atoms with Crippen LogP contribution in [-0.4, -0.2) is 6.04 Å². The molecule has 2 heteroatoms. The van der Waals surface area contributed by atoms with Crippen LogP contribution < -0.4 is 5.32 Å². The Kier molecular flexibility index (Phi) is 4.20. The molecule has 0 aliphatic heterocycles. The highest BCUT2D eigenvalue weighted by Gasteiger charge is 2.38. The molecule has 0 bridgehead atoms. The average Bonchev–Trinajstić information content (AvgIpc) is 2.17. The summed E-state index contributed by atoms with van der Waals surface area (Å²) in [4.78, 5) is 0. The summed E-state index contributed by atoms with van der Waals surface area (Å²) in [5.41, 5.74) is 3.54. The molecule has 0 unspecified atom stereocenters. The van der Waals surface area contributed by atoms with E-state index in [9.17, 15) is 0 Å². The van der Waals surface area contributed by atoms with Gasteiger partial charge in [-0.15, -0.1) is 0 Å². The average molecular weight is 371 g/mol. The molecular formula is C17H26IN. The second kappa shape index (κ2) is 5.27. The van der Waals surface area contributed by atoms with Crippen molar-refractivity contribution in [2.45, 2.75) is 59.9 Å². The maximum atomic E-state index is 3.78. The summed E-state index contributed by atoms with van der Waals surface area (Å²) >= 11 is 2.38. The summed E-state index contributed by atoms with van der Waals surface area (Å²) in [6.07, 6.45) is 3.85. The largest absolute Gasteiger partial charge is 0.382 e. The molecule has 0 atom stereocenters. The summed E-state index contributed by atoms with van der Waals surface area (Å²) in [6, 6.07) is 7.26. The van der Waals surface area contributed by atoms with Gasteiger partial charge in [0.2, 0.25) is 0 Å². The number of hydrogen-bond acceptors (Lipinski definition) is 1. The first-order chi connectivity index (χ1) is 8.67. The normalized spacial score (nSPS) is 22.2. The van der Waals surface area contributed by atoms with E-state index in [1.807, 2.05) is 0 Å². The number of rotatable bonds is 2. The number of hydrogen-bond donors (Lipinski definition) is 1. The van der Waals surface area contributed by atoms with E-state index in [1.54, 1.807) is 0 Å². The lowest BCUT2D eigenvalue weighted by Crippen LogP contribution is -2.40. The lowest BCUT2D eigenvalue weighted by molar-refractivity contribution is 0.105. The molecule has 1 aliphatic carbocycles. The standard InChI is InChI=1S/C17H26IN/c1-12-8-13(18)6-7-15(12)19-14-9-16(2,3)11-17(4,5)10-14/h6-8,14,19H,9-11H2,1-5H3. The molecule has 1 N–H and O–H groups in total. The van der Waals surface area contributed by atoms with Gasteiger partial charge in [-0.25, -0.2) is 0 Å². The highest BCUT2D eigenvalue weighted by molar-refractivity contribution is 14.1. The van der Waals surface area contributed by atoms with Crippen LogP contribution in [0.25, 0.3) is 0 Å². The number of nitrogens with one attached hydrogen (secondary N) is 1. The van der Waals surface area contributed by atoms with E-state index in [-0.39, 0.29) is 0 Å². The number of anilines is 1. The van der Waals surface area contributed by atoms with E-state index in [2.05, 4.69) is 80.7 Å². The van der Waals surface area contributed by atoms with Gasteiger partial charge in [0.15, 0.2) is 0 Å². The van der Waals surface area contributed by atoms with Crippen molar-refractivity contribution < 1.29 is 0 Å². The summed E-state index contributed by atoms with van der Waals surface area (Å²) in [6.45, 7) is 11.8. The quantitative estimate of drug-likeness (QED) is 0.666. The van der Waals surface area contributed by atoms with Crippen molar-refractivity contribution in [3.8, 4) is 0 Å². The first-order valence-electron chi connectivity index (χ1n) is 7.20. The van der Waals surface area contributed by atoms with Gasteiger partial charge in [0.1, 0.15) is 0 Å². The van der Waals surface area contributed by atoms with Crippen LogP contribution in [0.1, 0.15) is 52.5 Å². The predicted molar refractivity (Wildman–Crippen MR) is 92.7 cm³/mol. The third kappa shape index (κ3) is 4.11. The highest BCUT2D eigenvalue weighted by Crippen LogP contribution is 2.46. The van der Waals surface area contributed by atoms with E-state index in [0.717, 1.165) is 0 Å². The fourth-order valence-electron chi connectivity index (χ4n) is 3.96. The smallest absolute Gasteiger partial charge is 0.0372 e. The molecule has 1 nitrogen and oxygen atoms in total. The van der Waals surface area contributed by atoms with Crippen LogP contribution in [0.2, 0.25) is 0 Å². The fraction of sp³-hybridized carbons (Fsp3) is 0.647. The zero-order valence-electron chi connectivity index (χ0n) is 12.8. The maximum Gasteiger partial charge on any atom is 0.0372 e. The van der Waals surface area contributed by atoms with Crippen molar-refractivity contribution in [2.75, 3.05) is 5.32 Å². The van der Waals surface area contributed by atoms with Gasteiger partial charge in [-0.05, 0) is 83.4 Å². The van der Waals surface area contributed by atoms with Crippen LogP contribution >= 0.6 is 22.6 Å². The van der Waals surface area contributed by atoms with Crippen LogP contribution in [0.5, 0.6) is 0 Å². The molecule has 0 spiro atoms. The molecule has 1 aromatic carbocycles. The summed E-state index contributed by atoms with van der Waals surface area (Å²) < 4.78 is 1.31. The molecule has 1 aliphatic rings. The van der Waals surface area contributed by atoms with Gasteiger partial charge in [-0.3, -0.25) is 0 Å². The Balaban J connectivity index is 2.14. The summed E-state index contributed by atoms with van der Waals surface area (Å²) in [5.74, 6) is 0. The minimum atomic E-state index is 0.441. The summed E-state index contributed by atoms with van der Waals surface area (Å²) in [7, 11) is 0. The first kappa shape index (κ1) is 15.1. The molecule has 106 valence electrons. The lowest BCUT2D eigenvalue weighted by Gasteiger charge is -2.45. The highest BCUT2D eigenvalue weighted by atomic mass is 127. The van der Waals surface area contributed by atoms with Gasteiger partial charge < -0.3 is 5.32 Å². The van der Waals surface area contributed by atoms with Crippen molar-refractivity contribution in [1.29, 1.82) is 0 Å². The zero-order valence-corrected chi connectivity index (χ0v) is 15.0. The molecule has 0 heterocycles. The topological polar surface area (TPSA) is 12.0 Å². The van der Waals surface area contributed by atoms with E-state index in [1.165, 1.54) is 34.1 Å². The molecule has 1 aromatic rings. The molecule has 1 saturated carbocycles. The molecule has 1 fully saturated rings. The maximum absolute atomic E-state index is 3.78. The van der Waals surface area contributed by atoms with E-state index < -0.39 is 0 Å². The number of benzene rings is 1. The first-order valence-corrected chi connectivity index (χ1v) is 8.28. The van der Waals surface area contributed by atoms with Gasteiger partial charge >= 0.3 is 0 Å². The number of halogens is 1. The molecule has 0 saturated heterocycles. The Morgan fingerprint density at radius 3 is 2.21 bits per heavy atom. The molecule has 2 rings (SSSR count). The second-order valence-electron chi connectivity index (χ2n) is 7.71. The van der Waals surface area contributed by atoms with Gasteiger partial charge in [-0.1, -0.05) is 27.7 Å². The third-order valence-electron chi connectivity index (χ3n) is 4.10. The Labute approximate surface area is 131 Å². The lowest BCUT2D eigenvalue weighted by atomic mass is 9.63. The minimum Gasteiger partial charge on any atom is -0.382 e. The van der Waals surface area contributed by atoms with Gasteiger partial charge in [0, 0.05) is 15.3 Å². The van der Waals surface area contributed by atoms with Gasteiger partial charge in [-0.2, -0.15) is 0 Å².